The van der Waals surface area contributed by atoms with E-state index in [1.165, 1.54) is 52.0 Å². The monoisotopic (exact) mass is 514 g/mol. The van der Waals surface area contributed by atoms with Crippen molar-refractivity contribution in [3.8, 4) is 0 Å². The molecule has 0 bridgehead atoms. The smallest absolute Gasteiger partial charge is 0.260 e. The number of anilines is 1. The van der Waals surface area contributed by atoms with Crippen molar-refractivity contribution in [1.82, 2.24) is 14.2 Å². The number of hydrogen-bond acceptors (Lipinski definition) is 6. The molecule has 0 saturated heterocycles. The Morgan fingerprint density at radius 2 is 1.67 bits per heavy atom. The Balaban J connectivity index is 0.00000385. The number of halogens is 2. The number of thiazole rings is 1. The lowest BCUT2D eigenvalue weighted by atomic mass is 10.2. The number of fused-ring (bicyclic) bond motifs is 1. The van der Waals surface area contributed by atoms with Gasteiger partial charge in [0.25, 0.3) is 5.91 Å². The van der Waals surface area contributed by atoms with E-state index < -0.39 is 10.0 Å². The van der Waals surface area contributed by atoms with Gasteiger partial charge < -0.3 is 4.90 Å². The molecule has 0 N–H and O–H groups in total. The summed E-state index contributed by atoms with van der Waals surface area (Å²) in [7, 11) is 0.209. The van der Waals surface area contributed by atoms with E-state index >= 15 is 0 Å². The zero-order valence-electron chi connectivity index (χ0n) is 19.0. The Morgan fingerprint density at radius 1 is 1.03 bits per heavy atom. The van der Waals surface area contributed by atoms with Gasteiger partial charge in [0, 0.05) is 31.7 Å². The van der Waals surface area contributed by atoms with Crippen molar-refractivity contribution >= 4 is 55.0 Å². The van der Waals surface area contributed by atoms with Crippen LogP contribution in [0, 0.1) is 5.82 Å². The summed E-state index contributed by atoms with van der Waals surface area (Å²) in [6, 6.07) is 10.3. The third kappa shape index (κ3) is 6.07. The van der Waals surface area contributed by atoms with E-state index in [0.717, 1.165) is 0 Å². The quantitative estimate of drug-likeness (QED) is 0.430. The van der Waals surface area contributed by atoms with E-state index in [9.17, 15) is 17.6 Å². The third-order valence-electron chi connectivity index (χ3n) is 5.03. The number of hydrogen-bond donors (Lipinski definition) is 0. The lowest BCUT2D eigenvalue weighted by Gasteiger charge is -2.22. The number of likely N-dealkylation sites (N-methyl/N-ethyl adjacent to an activating group) is 1. The van der Waals surface area contributed by atoms with Gasteiger partial charge in [0.15, 0.2) is 5.13 Å². The first-order valence-corrected chi connectivity index (χ1v) is 12.6. The molecule has 0 spiro atoms. The fraction of sp³-hybridized carbons (Fsp3) is 0.364. The van der Waals surface area contributed by atoms with Gasteiger partial charge in [0.1, 0.15) is 5.82 Å². The van der Waals surface area contributed by atoms with Crippen LogP contribution in [0.3, 0.4) is 0 Å². The van der Waals surface area contributed by atoms with Gasteiger partial charge in [0.2, 0.25) is 10.0 Å². The standard InChI is InChI=1S/C22H27FN4O3S2.ClH/c1-5-26(6-2)32(29,30)18-10-7-16(8-11-18)21(28)27(14-13-25(3)4)22-24-19-12-9-17(23)15-20(19)31-22;/h7-12,15H,5-6,13-14H2,1-4H3;1H. The lowest BCUT2D eigenvalue weighted by molar-refractivity contribution is 0.0985. The first-order chi connectivity index (χ1) is 15.2. The predicted octanol–water partition coefficient (Wildman–Crippen LogP) is 4.10. The van der Waals surface area contributed by atoms with Gasteiger partial charge in [-0.3, -0.25) is 9.69 Å². The largest absolute Gasteiger partial charge is 0.308 e. The molecule has 0 aliphatic carbocycles. The molecule has 1 heterocycles. The SMILES string of the molecule is CCN(CC)S(=O)(=O)c1ccc(C(=O)N(CCN(C)C)c2nc3ccc(F)cc3s2)cc1.Cl. The summed E-state index contributed by atoms with van der Waals surface area (Å²) >= 11 is 1.24. The molecule has 0 saturated carbocycles. The van der Waals surface area contributed by atoms with E-state index in [0.29, 0.717) is 47.1 Å². The highest BCUT2D eigenvalue weighted by molar-refractivity contribution is 7.89. The summed E-state index contributed by atoms with van der Waals surface area (Å²) in [5, 5.41) is 0.470. The van der Waals surface area contributed by atoms with E-state index in [4.69, 9.17) is 0 Å². The van der Waals surface area contributed by atoms with Crippen molar-refractivity contribution in [2.75, 3.05) is 45.2 Å². The van der Waals surface area contributed by atoms with Crippen molar-refractivity contribution in [1.29, 1.82) is 0 Å². The highest BCUT2D eigenvalue weighted by Crippen LogP contribution is 2.30. The molecule has 3 aromatic rings. The number of amides is 1. The van der Waals surface area contributed by atoms with Gasteiger partial charge in [-0.25, -0.2) is 17.8 Å². The van der Waals surface area contributed by atoms with E-state index in [1.54, 1.807) is 24.8 Å². The molecule has 1 amide bonds. The number of benzene rings is 2. The predicted molar refractivity (Wildman–Crippen MR) is 134 cm³/mol. The highest BCUT2D eigenvalue weighted by atomic mass is 35.5. The maximum Gasteiger partial charge on any atom is 0.260 e. The van der Waals surface area contributed by atoms with Gasteiger partial charge in [-0.15, -0.1) is 12.4 Å². The third-order valence-corrected chi connectivity index (χ3v) is 8.14. The Bertz CT molecular complexity index is 1200. The molecule has 11 heteroatoms. The van der Waals surface area contributed by atoms with Gasteiger partial charge in [-0.2, -0.15) is 4.31 Å². The molecule has 0 unspecified atom stereocenters. The average Bonchev–Trinajstić information content (AvgIpc) is 3.17. The minimum Gasteiger partial charge on any atom is -0.308 e. The molecular weight excluding hydrogens is 487 g/mol. The summed E-state index contributed by atoms with van der Waals surface area (Å²) in [6.07, 6.45) is 0. The molecule has 7 nitrogen and oxygen atoms in total. The molecule has 0 aliphatic rings. The maximum atomic E-state index is 13.6. The first kappa shape index (κ1) is 27.1. The summed E-state index contributed by atoms with van der Waals surface area (Å²) in [5.74, 6) is -0.651. The minimum absolute atomic E-state index is 0. The van der Waals surface area contributed by atoms with Gasteiger partial charge in [-0.05, 0) is 56.6 Å². The minimum atomic E-state index is -3.60. The highest BCUT2D eigenvalue weighted by Gasteiger charge is 2.24. The fourth-order valence-electron chi connectivity index (χ4n) is 3.22. The van der Waals surface area contributed by atoms with Crippen molar-refractivity contribution in [2.24, 2.45) is 0 Å². The Labute approximate surface area is 204 Å². The molecule has 180 valence electrons. The zero-order chi connectivity index (χ0) is 23.5. The van der Waals surface area contributed by atoms with Crippen LogP contribution in [0.1, 0.15) is 24.2 Å². The van der Waals surface area contributed by atoms with Crippen molar-refractivity contribution in [3.63, 3.8) is 0 Å². The number of carbonyl (C=O) groups excluding carboxylic acids is 1. The number of nitrogens with zero attached hydrogens (tertiary/aromatic N) is 4. The number of rotatable bonds is 9. The van der Waals surface area contributed by atoms with Crippen LogP contribution < -0.4 is 4.90 Å². The van der Waals surface area contributed by atoms with E-state index in [2.05, 4.69) is 4.98 Å². The number of carbonyl (C=O) groups is 1. The molecule has 2 aromatic carbocycles. The molecule has 0 fully saturated rings. The Kier molecular flexibility index (Phi) is 9.33. The normalized spacial score (nSPS) is 11.7. The van der Waals surface area contributed by atoms with Crippen LogP contribution in [0.4, 0.5) is 9.52 Å². The van der Waals surface area contributed by atoms with Crippen molar-refractivity contribution in [3.05, 3.63) is 53.8 Å². The summed E-state index contributed by atoms with van der Waals surface area (Å²) in [4.78, 5) is 21.5. The molecule has 0 radical (unpaired) electrons. The van der Waals surface area contributed by atoms with E-state index in [-0.39, 0.29) is 29.0 Å². The van der Waals surface area contributed by atoms with Gasteiger partial charge in [0.05, 0.1) is 15.1 Å². The Hall–Kier alpha value is -2.11. The molecule has 0 aliphatic heterocycles. The summed E-state index contributed by atoms with van der Waals surface area (Å²) < 4.78 is 41.1. The molecule has 33 heavy (non-hydrogen) atoms. The van der Waals surface area contributed by atoms with Crippen LogP contribution in [-0.4, -0.2) is 68.8 Å². The van der Waals surface area contributed by atoms with Crippen LogP contribution in [0.5, 0.6) is 0 Å². The van der Waals surface area contributed by atoms with Crippen LogP contribution in [-0.2, 0) is 10.0 Å². The topological polar surface area (TPSA) is 73.8 Å². The van der Waals surface area contributed by atoms with Crippen LogP contribution >= 0.6 is 23.7 Å². The number of sulfonamides is 1. The Morgan fingerprint density at radius 3 is 2.24 bits per heavy atom. The van der Waals surface area contributed by atoms with Gasteiger partial charge in [-0.1, -0.05) is 25.2 Å². The first-order valence-electron chi connectivity index (χ1n) is 10.3. The average molecular weight is 515 g/mol. The summed E-state index contributed by atoms with van der Waals surface area (Å²) in [5.41, 5.74) is 0.974. The van der Waals surface area contributed by atoms with Crippen LogP contribution in [0.15, 0.2) is 47.4 Å². The van der Waals surface area contributed by atoms with Crippen molar-refractivity contribution in [2.45, 2.75) is 18.7 Å². The van der Waals surface area contributed by atoms with Crippen molar-refractivity contribution < 1.29 is 17.6 Å². The molecule has 1 aromatic heterocycles. The lowest BCUT2D eigenvalue weighted by Crippen LogP contribution is -2.36. The second kappa shape index (κ2) is 11.3. The molecule has 3 rings (SSSR count). The van der Waals surface area contributed by atoms with Crippen LogP contribution in [0.25, 0.3) is 10.2 Å². The van der Waals surface area contributed by atoms with Crippen LogP contribution in [0.2, 0.25) is 0 Å². The molecular formula is C22H28ClFN4O3S2. The second-order valence-electron chi connectivity index (χ2n) is 7.48. The maximum absolute atomic E-state index is 13.6. The van der Waals surface area contributed by atoms with E-state index in [1.807, 2.05) is 19.0 Å². The van der Waals surface area contributed by atoms with Gasteiger partial charge >= 0.3 is 0 Å². The molecule has 0 atom stereocenters. The zero-order valence-corrected chi connectivity index (χ0v) is 21.4. The number of aromatic nitrogens is 1. The fourth-order valence-corrected chi connectivity index (χ4v) is 5.70. The summed E-state index contributed by atoms with van der Waals surface area (Å²) in [6.45, 7) is 5.29. The second-order valence-corrected chi connectivity index (χ2v) is 10.4.